The lowest BCUT2D eigenvalue weighted by atomic mass is 9.92. The van der Waals surface area contributed by atoms with E-state index < -0.39 is 0 Å². The molecule has 0 fully saturated rings. The minimum absolute atomic E-state index is 0.0783. The topological polar surface area (TPSA) is 55.4 Å². The second-order valence-corrected chi connectivity index (χ2v) is 7.26. The monoisotopic (exact) mass is 367 g/mol. The molecule has 0 heterocycles. The van der Waals surface area contributed by atoms with E-state index in [9.17, 15) is 9.59 Å². The van der Waals surface area contributed by atoms with Crippen LogP contribution in [0.2, 0.25) is 0 Å². The minimum atomic E-state index is -0.196. The highest BCUT2D eigenvalue weighted by atomic mass is 16.5. The van der Waals surface area contributed by atoms with Gasteiger partial charge in [0.1, 0.15) is 5.75 Å². The van der Waals surface area contributed by atoms with Crippen LogP contribution in [0.4, 0.5) is 5.69 Å². The first-order valence-corrected chi connectivity index (χ1v) is 9.52. The molecule has 2 rings (SSSR count). The Bertz CT molecular complexity index is 766. The third kappa shape index (κ3) is 5.43. The van der Waals surface area contributed by atoms with Crippen LogP contribution in [0.25, 0.3) is 0 Å². The summed E-state index contributed by atoms with van der Waals surface area (Å²) in [5.74, 6) is 1.08. The Hall–Kier alpha value is -2.62. The van der Waals surface area contributed by atoms with Gasteiger partial charge in [-0.1, -0.05) is 52.8 Å². The van der Waals surface area contributed by atoms with Crippen molar-refractivity contribution in [2.45, 2.75) is 52.9 Å². The van der Waals surface area contributed by atoms with Gasteiger partial charge in [0.15, 0.2) is 12.4 Å². The molecule has 0 radical (unpaired) electrons. The Morgan fingerprint density at radius 2 is 1.48 bits per heavy atom. The number of Topliss-reactive ketones (excluding diaryl/α,β-unsaturated/α-hetero) is 1. The molecule has 4 heteroatoms. The normalized spacial score (nSPS) is 10.9. The standard InChI is InChI=1S/C23H29NO3/c1-6-21(25)17-10-12-18(13-11-17)27-14-22(26)24-23-19(15(2)3)8-7-9-20(23)16(4)5/h7-13,15-16H,6,14H2,1-5H3,(H,24,26). The van der Waals surface area contributed by atoms with Gasteiger partial charge < -0.3 is 10.1 Å². The molecular formula is C23H29NO3. The average Bonchev–Trinajstić information content (AvgIpc) is 2.65. The Morgan fingerprint density at radius 1 is 0.926 bits per heavy atom. The zero-order valence-electron chi connectivity index (χ0n) is 16.8. The first kappa shape index (κ1) is 20.7. The summed E-state index contributed by atoms with van der Waals surface area (Å²) in [7, 11) is 0. The summed E-state index contributed by atoms with van der Waals surface area (Å²) in [5.41, 5.74) is 3.79. The fraction of sp³-hybridized carbons (Fsp3) is 0.391. The van der Waals surface area contributed by atoms with Crippen molar-refractivity contribution in [3.8, 4) is 5.75 Å². The summed E-state index contributed by atoms with van der Waals surface area (Å²) in [6.07, 6.45) is 0.468. The Morgan fingerprint density at radius 3 is 1.96 bits per heavy atom. The molecule has 0 spiro atoms. The molecule has 0 aliphatic rings. The van der Waals surface area contributed by atoms with Gasteiger partial charge in [-0.05, 0) is 47.2 Å². The quantitative estimate of drug-likeness (QED) is 0.623. The number of nitrogens with one attached hydrogen (secondary N) is 1. The maximum atomic E-state index is 12.5. The molecule has 0 atom stereocenters. The first-order chi connectivity index (χ1) is 12.8. The number of carbonyl (C=O) groups excluding carboxylic acids is 2. The molecule has 0 unspecified atom stereocenters. The van der Waals surface area contributed by atoms with Gasteiger partial charge in [0.25, 0.3) is 5.91 Å². The van der Waals surface area contributed by atoms with E-state index in [2.05, 4.69) is 45.1 Å². The number of ether oxygens (including phenoxy) is 1. The van der Waals surface area contributed by atoms with E-state index in [0.717, 1.165) is 16.8 Å². The number of anilines is 1. The SMILES string of the molecule is CCC(=O)c1ccc(OCC(=O)Nc2c(C(C)C)cccc2C(C)C)cc1. The van der Waals surface area contributed by atoms with Crippen molar-refractivity contribution in [2.75, 3.05) is 11.9 Å². The molecule has 2 aromatic rings. The first-order valence-electron chi connectivity index (χ1n) is 9.52. The minimum Gasteiger partial charge on any atom is -0.484 e. The summed E-state index contributed by atoms with van der Waals surface area (Å²) in [5, 5.41) is 3.03. The number of ketones is 1. The molecule has 0 aromatic heterocycles. The van der Waals surface area contributed by atoms with E-state index >= 15 is 0 Å². The van der Waals surface area contributed by atoms with Crippen LogP contribution in [-0.2, 0) is 4.79 Å². The van der Waals surface area contributed by atoms with E-state index in [0.29, 0.717) is 29.6 Å². The van der Waals surface area contributed by atoms with Gasteiger partial charge in [-0.2, -0.15) is 0 Å². The molecule has 27 heavy (non-hydrogen) atoms. The summed E-state index contributed by atoms with van der Waals surface area (Å²) < 4.78 is 5.59. The van der Waals surface area contributed by atoms with Gasteiger partial charge in [0, 0.05) is 17.7 Å². The zero-order valence-corrected chi connectivity index (χ0v) is 16.8. The molecule has 1 N–H and O–H groups in total. The van der Waals surface area contributed by atoms with Gasteiger partial charge in [0.2, 0.25) is 0 Å². The van der Waals surface area contributed by atoms with Crippen molar-refractivity contribution < 1.29 is 14.3 Å². The van der Waals surface area contributed by atoms with Gasteiger partial charge >= 0.3 is 0 Å². The lowest BCUT2D eigenvalue weighted by Gasteiger charge is -2.20. The molecule has 1 amide bonds. The number of para-hydroxylation sites is 1. The molecular weight excluding hydrogens is 338 g/mol. The van der Waals surface area contributed by atoms with E-state index in [1.165, 1.54) is 0 Å². The fourth-order valence-electron chi connectivity index (χ4n) is 2.96. The smallest absolute Gasteiger partial charge is 0.262 e. The third-order valence-corrected chi connectivity index (χ3v) is 4.50. The van der Waals surface area contributed by atoms with Crippen molar-refractivity contribution >= 4 is 17.4 Å². The number of rotatable bonds is 8. The van der Waals surface area contributed by atoms with Crippen molar-refractivity contribution in [2.24, 2.45) is 0 Å². The van der Waals surface area contributed by atoms with Crippen LogP contribution in [0.3, 0.4) is 0 Å². The molecule has 4 nitrogen and oxygen atoms in total. The number of benzene rings is 2. The average molecular weight is 367 g/mol. The predicted octanol–water partition coefficient (Wildman–Crippen LogP) is 5.54. The van der Waals surface area contributed by atoms with Crippen molar-refractivity contribution in [1.82, 2.24) is 0 Å². The van der Waals surface area contributed by atoms with E-state index in [-0.39, 0.29) is 18.3 Å². The van der Waals surface area contributed by atoms with Crippen LogP contribution in [0.1, 0.15) is 74.4 Å². The fourth-order valence-corrected chi connectivity index (χ4v) is 2.96. The van der Waals surface area contributed by atoms with Crippen LogP contribution >= 0.6 is 0 Å². The Kier molecular flexibility index (Phi) is 7.17. The third-order valence-electron chi connectivity index (χ3n) is 4.50. The van der Waals surface area contributed by atoms with E-state index in [4.69, 9.17) is 4.74 Å². The van der Waals surface area contributed by atoms with Crippen molar-refractivity contribution in [3.63, 3.8) is 0 Å². The number of carbonyl (C=O) groups is 2. The van der Waals surface area contributed by atoms with E-state index in [1.54, 1.807) is 24.3 Å². The van der Waals surface area contributed by atoms with Crippen LogP contribution in [0, 0.1) is 0 Å². The lowest BCUT2D eigenvalue weighted by molar-refractivity contribution is -0.118. The van der Waals surface area contributed by atoms with E-state index in [1.807, 2.05) is 13.0 Å². The second-order valence-electron chi connectivity index (χ2n) is 7.26. The van der Waals surface area contributed by atoms with Gasteiger partial charge in [0.05, 0.1) is 0 Å². The predicted molar refractivity (Wildman–Crippen MR) is 110 cm³/mol. The zero-order chi connectivity index (χ0) is 20.0. The number of amides is 1. The second kappa shape index (κ2) is 9.36. The molecule has 0 aliphatic carbocycles. The molecule has 0 saturated carbocycles. The molecule has 0 aliphatic heterocycles. The summed E-state index contributed by atoms with van der Waals surface area (Å²) in [6.45, 7) is 10.2. The molecule has 144 valence electrons. The van der Waals surface area contributed by atoms with Crippen molar-refractivity contribution in [3.05, 3.63) is 59.2 Å². The van der Waals surface area contributed by atoms with Crippen LogP contribution in [0.5, 0.6) is 5.75 Å². The van der Waals surface area contributed by atoms with Gasteiger partial charge in [-0.3, -0.25) is 9.59 Å². The van der Waals surface area contributed by atoms with Crippen LogP contribution < -0.4 is 10.1 Å². The molecule has 0 bridgehead atoms. The highest BCUT2D eigenvalue weighted by molar-refractivity contribution is 5.96. The maximum absolute atomic E-state index is 12.5. The Labute approximate surface area is 161 Å². The van der Waals surface area contributed by atoms with Crippen LogP contribution in [-0.4, -0.2) is 18.3 Å². The maximum Gasteiger partial charge on any atom is 0.262 e. The van der Waals surface area contributed by atoms with Gasteiger partial charge in [-0.15, -0.1) is 0 Å². The molecule has 0 saturated heterocycles. The van der Waals surface area contributed by atoms with Crippen molar-refractivity contribution in [1.29, 1.82) is 0 Å². The Balaban J connectivity index is 2.07. The summed E-state index contributed by atoms with van der Waals surface area (Å²) in [4.78, 5) is 24.1. The number of hydrogen-bond donors (Lipinski definition) is 1. The summed E-state index contributed by atoms with van der Waals surface area (Å²) in [6, 6.07) is 13.0. The lowest BCUT2D eigenvalue weighted by Crippen LogP contribution is -2.22. The van der Waals surface area contributed by atoms with Crippen LogP contribution in [0.15, 0.2) is 42.5 Å². The molecule has 2 aromatic carbocycles. The van der Waals surface area contributed by atoms with Gasteiger partial charge in [-0.25, -0.2) is 0 Å². The highest BCUT2D eigenvalue weighted by Crippen LogP contribution is 2.32. The highest BCUT2D eigenvalue weighted by Gasteiger charge is 2.16. The number of hydrogen-bond acceptors (Lipinski definition) is 3. The largest absolute Gasteiger partial charge is 0.484 e. The summed E-state index contributed by atoms with van der Waals surface area (Å²) >= 11 is 0.